The quantitative estimate of drug-likeness (QED) is 0.718. The maximum absolute atomic E-state index is 11.7. The zero-order chi connectivity index (χ0) is 10.1. The summed E-state index contributed by atoms with van der Waals surface area (Å²) in [5.74, 6) is 0. The van der Waals surface area contributed by atoms with E-state index in [-0.39, 0.29) is 11.8 Å². The Balaban J connectivity index is 2.71. The molecule has 1 aliphatic rings. The lowest BCUT2D eigenvalue weighted by Crippen LogP contribution is -2.36. The lowest BCUT2D eigenvalue weighted by Gasteiger charge is -2.19. The van der Waals surface area contributed by atoms with Crippen molar-refractivity contribution in [3.05, 3.63) is 0 Å². The molecule has 0 spiro atoms. The van der Waals surface area contributed by atoms with Gasteiger partial charge in [-0.1, -0.05) is 6.92 Å². The fourth-order valence-corrected chi connectivity index (χ4v) is 3.08. The van der Waals surface area contributed by atoms with E-state index in [0.717, 1.165) is 0 Å². The second kappa shape index (κ2) is 3.94. The average molecular weight is 207 g/mol. The zero-order valence-electron chi connectivity index (χ0n) is 8.10. The largest absolute Gasteiger partial charge is 0.392 e. The molecule has 0 aromatic heterocycles. The Morgan fingerprint density at radius 3 is 2.62 bits per heavy atom. The molecule has 1 rings (SSSR count). The Labute approximate surface area is 79.6 Å². The first kappa shape index (κ1) is 10.9. The van der Waals surface area contributed by atoms with Crippen molar-refractivity contribution in [1.82, 2.24) is 4.31 Å². The van der Waals surface area contributed by atoms with Gasteiger partial charge in [0.05, 0.1) is 11.4 Å². The molecule has 0 saturated carbocycles. The van der Waals surface area contributed by atoms with Gasteiger partial charge in [-0.2, -0.15) is 4.31 Å². The van der Waals surface area contributed by atoms with Crippen LogP contribution in [0.4, 0.5) is 0 Å². The van der Waals surface area contributed by atoms with Gasteiger partial charge in [-0.15, -0.1) is 0 Å². The highest BCUT2D eigenvalue weighted by atomic mass is 32.2. The average Bonchev–Trinajstić information content (AvgIpc) is 2.50. The molecule has 5 heteroatoms. The summed E-state index contributed by atoms with van der Waals surface area (Å²) in [6.45, 7) is 4.30. The molecule has 78 valence electrons. The predicted molar refractivity (Wildman–Crippen MR) is 50.9 cm³/mol. The van der Waals surface area contributed by atoms with Crippen LogP contribution in [0.1, 0.15) is 26.7 Å². The van der Waals surface area contributed by atoms with Crippen LogP contribution in [0, 0.1) is 0 Å². The van der Waals surface area contributed by atoms with E-state index in [1.54, 1.807) is 6.92 Å². The van der Waals surface area contributed by atoms with Gasteiger partial charge in [-0.25, -0.2) is 8.42 Å². The fourth-order valence-electron chi connectivity index (χ4n) is 1.41. The summed E-state index contributed by atoms with van der Waals surface area (Å²) in [6.07, 6.45) is 0.712. The number of aliphatic hydroxyl groups excluding tert-OH is 1. The molecule has 13 heavy (non-hydrogen) atoms. The van der Waals surface area contributed by atoms with Crippen LogP contribution in [0.15, 0.2) is 0 Å². The maximum Gasteiger partial charge on any atom is 0.216 e. The van der Waals surface area contributed by atoms with E-state index in [9.17, 15) is 13.5 Å². The van der Waals surface area contributed by atoms with Crippen molar-refractivity contribution in [3.8, 4) is 0 Å². The van der Waals surface area contributed by atoms with Crippen LogP contribution in [0.25, 0.3) is 0 Å². The smallest absolute Gasteiger partial charge is 0.216 e. The summed E-state index contributed by atoms with van der Waals surface area (Å²) in [5, 5.41) is 8.88. The first-order chi connectivity index (χ1) is 5.98. The van der Waals surface area contributed by atoms with Gasteiger partial charge in [0.1, 0.15) is 0 Å². The van der Waals surface area contributed by atoms with Gasteiger partial charge in [0, 0.05) is 13.1 Å². The van der Waals surface area contributed by atoms with Gasteiger partial charge in [-0.05, 0) is 19.8 Å². The van der Waals surface area contributed by atoms with E-state index in [0.29, 0.717) is 19.4 Å². The normalized spacial score (nSPS) is 27.8. The lowest BCUT2D eigenvalue weighted by atomic mass is 10.3. The van der Waals surface area contributed by atoms with E-state index in [1.807, 2.05) is 6.92 Å². The lowest BCUT2D eigenvalue weighted by molar-refractivity contribution is 0.189. The molecule has 1 aliphatic heterocycles. The topological polar surface area (TPSA) is 57.6 Å². The van der Waals surface area contributed by atoms with Gasteiger partial charge in [0.25, 0.3) is 0 Å². The molecule has 0 amide bonds. The van der Waals surface area contributed by atoms with E-state index in [1.165, 1.54) is 4.31 Å². The van der Waals surface area contributed by atoms with Crippen molar-refractivity contribution in [2.75, 3.05) is 13.1 Å². The molecule has 0 aliphatic carbocycles. The third-order valence-corrected chi connectivity index (χ3v) is 4.97. The molecule has 1 unspecified atom stereocenters. The second-order valence-corrected chi connectivity index (χ2v) is 5.92. The molecule has 1 heterocycles. The Morgan fingerprint density at radius 1 is 1.62 bits per heavy atom. The van der Waals surface area contributed by atoms with Crippen LogP contribution < -0.4 is 0 Å². The van der Waals surface area contributed by atoms with Crippen LogP contribution >= 0.6 is 0 Å². The summed E-state index contributed by atoms with van der Waals surface area (Å²) in [4.78, 5) is 0. The number of aliphatic hydroxyl groups is 1. The van der Waals surface area contributed by atoms with Gasteiger partial charge in [0.15, 0.2) is 0 Å². The number of hydrogen-bond acceptors (Lipinski definition) is 3. The summed E-state index contributed by atoms with van der Waals surface area (Å²) in [6, 6.07) is 0. The van der Waals surface area contributed by atoms with Crippen LogP contribution in [-0.2, 0) is 10.0 Å². The highest BCUT2D eigenvalue weighted by Crippen LogP contribution is 2.18. The van der Waals surface area contributed by atoms with Crippen molar-refractivity contribution >= 4 is 10.0 Å². The van der Waals surface area contributed by atoms with Crippen molar-refractivity contribution in [3.63, 3.8) is 0 Å². The third kappa shape index (κ3) is 2.21. The minimum atomic E-state index is -3.15. The molecule has 2 atom stereocenters. The van der Waals surface area contributed by atoms with Gasteiger partial charge < -0.3 is 5.11 Å². The minimum absolute atomic E-state index is 0.271. The first-order valence-corrected chi connectivity index (χ1v) is 6.15. The number of hydrogen-bond donors (Lipinski definition) is 1. The van der Waals surface area contributed by atoms with Crippen LogP contribution in [-0.4, -0.2) is 42.3 Å². The Kier molecular flexibility index (Phi) is 3.32. The molecule has 0 bridgehead atoms. The number of sulfonamides is 1. The summed E-state index contributed by atoms with van der Waals surface area (Å²) >= 11 is 0. The summed E-state index contributed by atoms with van der Waals surface area (Å²) in [5.41, 5.74) is 0. The van der Waals surface area contributed by atoms with Crippen molar-refractivity contribution in [2.24, 2.45) is 0 Å². The van der Waals surface area contributed by atoms with Gasteiger partial charge in [-0.3, -0.25) is 0 Å². The van der Waals surface area contributed by atoms with E-state index in [2.05, 4.69) is 0 Å². The molecular formula is C8H17NO3S. The first-order valence-electron chi connectivity index (χ1n) is 4.65. The van der Waals surface area contributed by atoms with E-state index in [4.69, 9.17) is 0 Å². The van der Waals surface area contributed by atoms with Gasteiger partial charge in [0.2, 0.25) is 10.0 Å². The molecule has 1 fully saturated rings. The van der Waals surface area contributed by atoms with Crippen LogP contribution in [0.5, 0.6) is 0 Å². The minimum Gasteiger partial charge on any atom is -0.392 e. The summed E-state index contributed by atoms with van der Waals surface area (Å²) in [7, 11) is -3.15. The zero-order valence-corrected chi connectivity index (χ0v) is 8.92. The molecule has 1 N–H and O–H groups in total. The molecule has 0 aromatic rings. The molecule has 1 saturated heterocycles. The third-order valence-electron chi connectivity index (χ3n) is 2.57. The van der Waals surface area contributed by atoms with E-state index >= 15 is 0 Å². The monoisotopic (exact) mass is 207 g/mol. The molecule has 0 aromatic carbocycles. The highest BCUT2D eigenvalue weighted by Gasteiger charge is 2.33. The SMILES string of the molecule is CCC(C)S(=O)(=O)N1CC[C@@H](O)C1. The standard InChI is InChI=1S/C8H17NO3S/c1-3-7(2)13(11,12)9-5-4-8(10)6-9/h7-8,10H,3-6H2,1-2H3/t7?,8-/m1/s1. The second-order valence-electron chi connectivity index (χ2n) is 3.56. The Hall–Kier alpha value is -0.130. The summed E-state index contributed by atoms with van der Waals surface area (Å²) < 4.78 is 24.8. The maximum atomic E-state index is 11.7. The molecule has 4 nitrogen and oxygen atoms in total. The Morgan fingerprint density at radius 2 is 2.23 bits per heavy atom. The highest BCUT2D eigenvalue weighted by molar-refractivity contribution is 7.89. The number of nitrogens with zero attached hydrogens (tertiary/aromatic N) is 1. The molecule has 0 radical (unpaired) electrons. The predicted octanol–water partition coefficient (Wildman–Crippen LogP) is 0.181. The van der Waals surface area contributed by atoms with Crippen LogP contribution in [0.2, 0.25) is 0 Å². The number of rotatable bonds is 3. The van der Waals surface area contributed by atoms with Crippen molar-refractivity contribution < 1.29 is 13.5 Å². The van der Waals surface area contributed by atoms with E-state index < -0.39 is 16.1 Å². The molecular weight excluding hydrogens is 190 g/mol. The van der Waals surface area contributed by atoms with Crippen molar-refractivity contribution in [2.45, 2.75) is 38.0 Å². The number of β-amino-alcohol motifs (C(OH)–C–C–N with tert-alkyl or cyclic N) is 1. The fraction of sp³-hybridized carbons (Fsp3) is 1.00. The van der Waals surface area contributed by atoms with Crippen LogP contribution in [0.3, 0.4) is 0 Å². The van der Waals surface area contributed by atoms with Gasteiger partial charge >= 0.3 is 0 Å². The van der Waals surface area contributed by atoms with Crippen molar-refractivity contribution in [1.29, 1.82) is 0 Å². The Bertz CT molecular complexity index is 263.